The maximum Gasteiger partial charge on any atom is 0.308 e. The summed E-state index contributed by atoms with van der Waals surface area (Å²) in [6.45, 7) is 10.5. The molecule has 0 saturated heterocycles. The van der Waals surface area contributed by atoms with E-state index in [4.69, 9.17) is 32.4 Å². The molecular formula is C20H28Cl2O4Si. The van der Waals surface area contributed by atoms with Crippen molar-refractivity contribution in [1.29, 1.82) is 0 Å². The van der Waals surface area contributed by atoms with E-state index >= 15 is 0 Å². The summed E-state index contributed by atoms with van der Waals surface area (Å²) in [5.41, 5.74) is 0.698. The predicted molar refractivity (Wildman–Crippen MR) is 114 cm³/mol. The number of hydrogen-bond donors (Lipinski definition) is 0. The Kier molecular flexibility index (Phi) is 8.74. The maximum absolute atomic E-state index is 12.4. The van der Waals surface area contributed by atoms with Crippen LogP contribution in [-0.4, -0.2) is 33.3 Å². The summed E-state index contributed by atoms with van der Waals surface area (Å²) in [6, 6.07) is 5.07. The van der Waals surface area contributed by atoms with Gasteiger partial charge in [0, 0.05) is 16.5 Å². The second-order valence-corrected chi connectivity index (χ2v) is 13.5. The van der Waals surface area contributed by atoms with Gasteiger partial charge in [0.05, 0.1) is 19.6 Å². The van der Waals surface area contributed by atoms with Gasteiger partial charge in [-0.1, -0.05) is 50.0 Å². The normalized spacial score (nSPS) is 13.6. The SMILES string of the molecule is COC(=O)C[C@@H](CC(=O)C=Cc1ccc(Cl)cc1Cl)O[Si](C)(C)C(C)(C)C. The quantitative estimate of drug-likeness (QED) is 0.291. The molecule has 0 N–H and O–H groups in total. The van der Waals surface area contributed by atoms with E-state index in [2.05, 4.69) is 33.9 Å². The molecule has 7 heteroatoms. The van der Waals surface area contributed by atoms with Crippen LogP contribution in [-0.2, 0) is 18.8 Å². The molecule has 1 aromatic rings. The summed E-state index contributed by atoms with van der Waals surface area (Å²) >= 11 is 12.0. The van der Waals surface area contributed by atoms with Crippen molar-refractivity contribution in [3.05, 3.63) is 39.9 Å². The fourth-order valence-corrected chi connectivity index (χ4v) is 3.96. The Bertz CT molecular complexity index is 708. The zero-order chi connectivity index (χ0) is 20.8. The van der Waals surface area contributed by atoms with Crippen LogP contribution in [0.25, 0.3) is 6.08 Å². The third-order valence-electron chi connectivity index (χ3n) is 4.73. The number of allylic oxidation sites excluding steroid dienone is 1. The second kappa shape index (κ2) is 9.87. The van der Waals surface area contributed by atoms with E-state index in [1.165, 1.54) is 13.2 Å². The Labute approximate surface area is 173 Å². The highest BCUT2D eigenvalue weighted by atomic mass is 35.5. The van der Waals surface area contributed by atoms with Gasteiger partial charge in [-0.05, 0) is 48.0 Å². The van der Waals surface area contributed by atoms with Crippen LogP contribution in [0.5, 0.6) is 0 Å². The smallest absolute Gasteiger partial charge is 0.308 e. The first-order valence-corrected chi connectivity index (χ1v) is 12.4. The molecule has 0 bridgehead atoms. The molecule has 1 aromatic carbocycles. The maximum atomic E-state index is 12.4. The molecule has 0 fully saturated rings. The zero-order valence-electron chi connectivity index (χ0n) is 16.8. The average molecular weight is 431 g/mol. The summed E-state index contributed by atoms with van der Waals surface area (Å²) in [5.74, 6) is -0.537. The van der Waals surface area contributed by atoms with Crippen molar-refractivity contribution in [2.75, 3.05) is 7.11 Å². The molecule has 150 valence electrons. The fraction of sp³-hybridized carbons (Fsp3) is 0.500. The number of benzene rings is 1. The van der Waals surface area contributed by atoms with Crippen molar-refractivity contribution >= 4 is 49.3 Å². The fourth-order valence-electron chi connectivity index (χ4n) is 2.13. The first-order chi connectivity index (χ1) is 12.4. The first-order valence-electron chi connectivity index (χ1n) is 8.76. The van der Waals surface area contributed by atoms with Gasteiger partial charge in [0.25, 0.3) is 0 Å². The summed E-state index contributed by atoms with van der Waals surface area (Å²) < 4.78 is 11.0. The first kappa shape index (κ1) is 23.9. The van der Waals surface area contributed by atoms with Crippen LogP contribution in [0.2, 0.25) is 28.2 Å². The number of halogens is 2. The van der Waals surface area contributed by atoms with Gasteiger partial charge in [-0.3, -0.25) is 9.59 Å². The van der Waals surface area contributed by atoms with Crippen LogP contribution in [0, 0.1) is 0 Å². The molecule has 0 aromatic heterocycles. The molecule has 0 aliphatic carbocycles. The largest absolute Gasteiger partial charge is 0.469 e. The molecule has 0 aliphatic heterocycles. The minimum atomic E-state index is -2.14. The van der Waals surface area contributed by atoms with Crippen molar-refractivity contribution in [3.63, 3.8) is 0 Å². The summed E-state index contributed by atoms with van der Waals surface area (Å²) in [6.07, 6.45) is 2.72. The highest BCUT2D eigenvalue weighted by Crippen LogP contribution is 2.38. The number of methoxy groups -OCH3 is 1. The van der Waals surface area contributed by atoms with Gasteiger partial charge in [0.15, 0.2) is 14.1 Å². The minimum absolute atomic E-state index is 0.0307. The van der Waals surface area contributed by atoms with E-state index in [0.717, 1.165) is 0 Å². The van der Waals surface area contributed by atoms with Gasteiger partial charge in [0.1, 0.15) is 0 Å². The van der Waals surface area contributed by atoms with Crippen molar-refractivity contribution < 1.29 is 18.8 Å². The van der Waals surface area contributed by atoms with Gasteiger partial charge >= 0.3 is 5.97 Å². The molecule has 0 amide bonds. The molecule has 4 nitrogen and oxygen atoms in total. The monoisotopic (exact) mass is 430 g/mol. The van der Waals surface area contributed by atoms with E-state index in [0.29, 0.717) is 15.6 Å². The van der Waals surface area contributed by atoms with Crippen molar-refractivity contribution in [3.8, 4) is 0 Å². The van der Waals surface area contributed by atoms with Crippen LogP contribution < -0.4 is 0 Å². The van der Waals surface area contributed by atoms with Crippen molar-refractivity contribution in [2.45, 2.75) is 57.8 Å². The van der Waals surface area contributed by atoms with Crippen LogP contribution >= 0.6 is 23.2 Å². The number of hydrogen-bond acceptors (Lipinski definition) is 4. The Hall–Kier alpha value is -1.14. The van der Waals surface area contributed by atoms with E-state index in [9.17, 15) is 9.59 Å². The van der Waals surface area contributed by atoms with Crippen LogP contribution in [0.15, 0.2) is 24.3 Å². The lowest BCUT2D eigenvalue weighted by Gasteiger charge is -2.39. The zero-order valence-corrected chi connectivity index (χ0v) is 19.3. The van der Waals surface area contributed by atoms with Gasteiger partial charge in [0.2, 0.25) is 0 Å². The number of ether oxygens (including phenoxy) is 1. The van der Waals surface area contributed by atoms with Crippen LogP contribution in [0.1, 0.15) is 39.2 Å². The summed E-state index contributed by atoms with van der Waals surface area (Å²) in [5, 5.41) is 0.969. The van der Waals surface area contributed by atoms with Crippen molar-refractivity contribution in [2.24, 2.45) is 0 Å². The summed E-state index contributed by atoms with van der Waals surface area (Å²) in [7, 11) is -0.807. The van der Waals surface area contributed by atoms with Crippen LogP contribution in [0.4, 0.5) is 0 Å². The number of rotatable bonds is 8. The molecular weight excluding hydrogens is 403 g/mol. The Balaban J connectivity index is 2.89. The Morgan fingerprint density at radius 1 is 1.19 bits per heavy atom. The van der Waals surface area contributed by atoms with E-state index in [1.807, 2.05) is 0 Å². The molecule has 0 heterocycles. The van der Waals surface area contributed by atoms with Crippen LogP contribution in [0.3, 0.4) is 0 Å². The van der Waals surface area contributed by atoms with E-state index in [-0.39, 0.29) is 23.7 Å². The minimum Gasteiger partial charge on any atom is -0.469 e. The third kappa shape index (κ3) is 7.78. The second-order valence-electron chi connectivity index (χ2n) is 7.95. The molecule has 1 atom stereocenters. The lowest BCUT2D eigenvalue weighted by atomic mass is 10.1. The molecule has 0 spiro atoms. The number of esters is 1. The average Bonchev–Trinajstić information content (AvgIpc) is 2.52. The molecule has 27 heavy (non-hydrogen) atoms. The molecule has 0 radical (unpaired) electrons. The Morgan fingerprint density at radius 3 is 2.33 bits per heavy atom. The number of carbonyl (C=O) groups excluding carboxylic acids is 2. The summed E-state index contributed by atoms with van der Waals surface area (Å²) in [4.78, 5) is 24.2. The van der Waals surface area contributed by atoms with Gasteiger partial charge < -0.3 is 9.16 Å². The topological polar surface area (TPSA) is 52.6 Å². The number of ketones is 1. The van der Waals surface area contributed by atoms with Crippen molar-refractivity contribution in [1.82, 2.24) is 0 Å². The molecule has 0 unspecified atom stereocenters. The standard InChI is InChI=1S/C20H28Cl2O4Si/c1-20(2,3)27(5,6)26-17(13-19(24)25-4)12-16(23)10-8-14-7-9-15(21)11-18(14)22/h7-11,17H,12-13H2,1-6H3/t17-/m1/s1. The van der Waals surface area contributed by atoms with E-state index in [1.54, 1.807) is 24.3 Å². The highest BCUT2D eigenvalue weighted by molar-refractivity contribution is 6.74. The lowest BCUT2D eigenvalue weighted by Crippen LogP contribution is -2.44. The van der Waals surface area contributed by atoms with E-state index < -0.39 is 20.4 Å². The number of carbonyl (C=O) groups is 2. The third-order valence-corrected chi connectivity index (χ3v) is 9.83. The lowest BCUT2D eigenvalue weighted by molar-refractivity contribution is -0.142. The molecule has 0 saturated carbocycles. The predicted octanol–water partition coefficient (Wildman–Crippen LogP) is 5.92. The molecule has 1 rings (SSSR count). The van der Waals surface area contributed by atoms with Gasteiger partial charge in [-0.25, -0.2) is 0 Å². The van der Waals surface area contributed by atoms with Gasteiger partial charge in [-0.15, -0.1) is 0 Å². The highest BCUT2D eigenvalue weighted by Gasteiger charge is 2.39. The molecule has 0 aliphatic rings. The van der Waals surface area contributed by atoms with Gasteiger partial charge in [-0.2, -0.15) is 0 Å². The Morgan fingerprint density at radius 2 is 1.81 bits per heavy atom.